The molecular formula is C30H32N4O3S. The van der Waals surface area contributed by atoms with Crippen LogP contribution in [0.1, 0.15) is 33.6 Å². The van der Waals surface area contributed by atoms with Crippen LogP contribution < -0.4 is 9.73 Å². The summed E-state index contributed by atoms with van der Waals surface area (Å²) in [5.74, 6) is -0.548. The van der Waals surface area contributed by atoms with Crippen LogP contribution in [-0.2, 0) is 14.8 Å². The third-order valence-electron chi connectivity index (χ3n) is 6.50. The van der Waals surface area contributed by atoms with E-state index in [0.717, 1.165) is 43.6 Å². The molecule has 1 amide bonds. The quantitative estimate of drug-likeness (QED) is 0.247. The van der Waals surface area contributed by atoms with Crippen molar-refractivity contribution in [1.29, 1.82) is 0 Å². The van der Waals surface area contributed by atoms with Crippen LogP contribution in [0, 0.1) is 34.6 Å². The number of amides is 1. The summed E-state index contributed by atoms with van der Waals surface area (Å²) in [6.45, 7) is 9.36. The highest BCUT2D eigenvalue weighted by Gasteiger charge is 2.28. The normalized spacial score (nSPS) is 11.6. The van der Waals surface area contributed by atoms with Gasteiger partial charge in [-0.3, -0.25) is 9.10 Å². The molecule has 0 bridgehead atoms. The Morgan fingerprint density at radius 3 is 2.18 bits per heavy atom. The summed E-state index contributed by atoms with van der Waals surface area (Å²) < 4.78 is 30.4. The molecule has 1 aromatic heterocycles. The van der Waals surface area contributed by atoms with E-state index in [1.165, 1.54) is 0 Å². The summed E-state index contributed by atoms with van der Waals surface area (Å²) in [6, 6.07) is 23.8. The van der Waals surface area contributed by atoms with Crippen LogP contribution in [-0.4, -0.2) is 31.7 Å². The second kappa shape index (κ2) is 11.1. The molecule has 0 unspecified atom stereocenters. The highest BCUT2D eigenvalue weighted by atomic mass is 32.2. The summed E-state index contributed by atoms with van der Waals surface area (Å²) >= 11 is 0. The average molecular weight is 529 g/mol. The lowest BCUT2D eigenvalue weighted by molar-refractivity contribution is -0.119. The molecule has 0 radical (unpaired) electrons. The lowest BCUT2D eigenvalue weighted by atomic mass is 10.2. The Kier molecular flexibility index (Phi) is 7.83. The van der Waals surface area contributed by atoms with Crippen LogP contribution in [0.3, 0.4) is 0 Å². The third-order valence-corrected chi connectivity index (χ3v) is 8.27. The van der Waals surface area contributed by atoms with Crippen LogP contribution in [0.5, 0.6) is 0 Å². The number of hydrogen-bond donors (Lipinski definition) is 1. The fourth-order valence-electron chi connectivity index (χ4n) is 4.42. The van der Waals surface area contributed by atoms with Crippen molar-refractivity contribution in [3.8, 4) is 5.69 Å². The molecule has 1 N–H and O–H groups in total. The van der Waals surface area contributed by atoms with Crippen LogP contribution >= 0.6 is 0 Å². The minimum atomic E-state index is -3.99. The number of aromatic nitrogens is 1. The highest BCUT2D eigenvalue weighted by molar-refractivity contribution is 7.92. The maximum Gasteiger partial charge on any atom is 0.264 e. The van der Waals surface area contributed by atoms with Gasteiger partial charge in [0, 0.05) is 22.6 Å². The zero-order chi connectivity index (χ0) is 27.4. The summed E-state index contributed by atoms with van der Waals surface area (Å²) in [6.07, 6.45) is 1.58. The Morgan fingerprint density at radius 2 is 1.53 bits per heavy atom. The van der Waals surface area contributed by atoms with Gasteiger partial charge in [0.15, 0.2) is 0 Å². The van der Waals surface area contributed by atoms with Gasteiger partial charge in [-0.2, -0.15) is 5.10 Å². The molecule has 0 saturated carbocycles. The fourth-order valence-corrected chi connectivity index (χ4v) is 5.91. The second-order valence-electron chi connectivity index (χ2n) is 9.35. The van der Waals surface area contributed by atoms with Crippen molar-refractivity contribution < 1.29 is 13.2 Å². The molecule has 7 nitrogen and oxygen atoms in total. The first kappa shape index (κ1) is 26.9. The number of rotatable bonds is 8. The van der Waals surface area contributed by atoms with Gasteiger partial charge < -0.3 is 4.57 Å². The standard InChI is InChI=1S/C30H32N4O3S/c1-21-14-16-27(17-15-21)38(36,37)33(28-12-8-6-10-22(28)2)20-30(35)32-31-19-26-18-24(4)34(25(26)5)29-13-9-7-11-23(29)3/h6-19H,20H2,1-5H3,(H,32,35)/b31-19+. The van der Waals surface area contributed by atoms with E-state index in [1.54, 1.807) is 42.6 Å². The third kappa shape index (κ3) is 5.55. The molecule has 3 aromatic carbocycles. The largest absolute Gasteiger partial charge is 0.318 e. The molecule has 38 heavy (non-hydrogen) atoms. The van der Waals surface area contributed by atoms with Crippen LogP contribution in [0.2, 0.25) is 0 Å². The Balaban J connectivity index is 1.57. The second-order valence-corrected chi connectivity index (χ2v) is 11.2. The van der Waals surface area contributed by atoms with Gasteiger partial charge in [-0.05, 0) is 76.1 Å². The van der Waals surface area contributed by atoms with Crippen LogP contribution in [0.4, 0.5) is 5.69 Å². The van der Waals surface area contributed by atoms with Crippen LogP contribution in [0.25, 0.3) is 5.69 Å². The van der Waals surface area contributed by atoms with E-state index in [2.05, 4.69) is 34.2 Å². The number of nitrogens with one attached hydrogen (secondary N) is 1. The number of aryl methyl sites for hydroxylation is 4. The van der Waals surface area contributed by atoms with Gasteiger partial charge in [-0.25, -0.2) is 13.8 Å². The average Bonchev–Trinajstić information content (AvgIpc) is 3.16. The van der Waals surface area contributed by atoms with Gasteiger partial charge in [0.1, 0.15) is 6.54 Å². The molecule has 0 spiro atoms. The Hall–Kier alpha value is -4.17. The number of anilines is 1. The molecule has 8 heteroatoms. The molecule has 0 saturated heterocycles. The van der Waals surface area contributed by atoms with Crippen molar-refractivity contribution in [3.63, 3.8) is 0 Å². The summed E-state index contributed by atoms with van der Waals surface area (Å²) in [5.41, 5.74) is 9.74. The molecule has 196 valence electrons. The fraction of sp³-hybridized carbons (Fsp3) is 0.200. The van der Waals surface area contributed by atoms with E-state index in [4.69, 9.17) is 0 Å². The van der Waals surface area contributed by atoms with Gasteiger partial charge >= 0.3 is 0 Å². The molecule has 4 aromatic rings. The van der Waals surface area contributed by atoms with E-state index < -0.39 is 22.5 Å². The molecule has 1 heterocycles. The number of sulfonamides is 1. The number of para-hydroxylation sites is 2. The predicted octanol–water partition coefficient (Wildman–Crippen LogP) is 5.37. The topological polar surface area (TPSA) is 83.8 Å². The molecule has 0 aliphatic heterocycles. The zero-order valence-electron chi connectivity index (χ0n) is 22.3. The number of benzene rings is 3. The van der Waals surface area contributed by atoms with E-state index in [9.17, 15) is 13.2 Å². The maximum atomic E-state index is 13.6. The minimum Gasteiger partial charge on any atom is -0.318 e. The SMILES string of the molecule is Cc1ccc(S(=O)(=O)N(CC(=O)N/N=C/c2cc(C)n(-c3ccccc3C)c2C)c2ccccc2C)cc1. The molecule has 0 atom stereocenters. The minimum absolute atomic E-state index is 0.117. The van der Waals surface area contributed by atoms with Crippen molar-refractivity contribution in [2.24, 2.45) is 5.10 Å². The number of nitrogens with zero attached hydrogens (tertiary/aromatic N) is 3. The van der Waals surface area contributed by atoms with Gasteiger partial charge in [-0.1, -0.05) is 54.1 Å². The predicted molar refractivity (Wildman–Crippen MR) is 153 cm³/mol. The molecule has 0 aliphatic rings. The van der Waals surface area contributed by atoms with Crippen molar-refractivity contribution in [1.82, 2.24) is 9.99 Å². The maximum absolute atomic E-state index is 13.6. The summed E-state index contributed by atoms with van der Waals surface area (Å²) in [7, 11) is -3.99. The number of hydrazone groups is 1. The first-order chi connectivity index (χ1) is 18.1. The molecule has 4 rings (SSSR count). The molecular weight excluding hydrogens is 496 g/mol. The Labute approximate surface area is 224 Å². The lowest BCUT2D eigenvalue weighted by Gasteiger charge is -2.25. The van der Waals surface area contributed by atoms with Crippen molar-refractivity contribution in [2.75, 3.05) is 10.8 Å². The lowest BCUT2D eigenvalue weighted by Crippen LogP contribution is -2.40. The number of carbonyl (C=O) groups excluding carboxylic acids is 1. The first-order valence-electron chi connectivity index (χ1n) is 12.3. The van der Waals surface area contributed by atoms with Gasteiger partial charge in [0.2, 0.25) is 0 Å². The monoisotopic (exact) mass is 528 g/mol. The van der Waals surface area contributed by atoms with Crippen LogP contribution in [0.15, 0.2) is 88.9 Å². The van der Waals surface area contributed by atoms with Crippen molar-refractivity contribution in [2.45, 2.75) is 39.5 Å². The highest BCUT2D eigenvalue weighted by Crippen LogP contribution is 2.27. The summed E-state index contributed by atoms with van der Waals surface area (Å²) in [5, 5.41) is 4.15. The summed E-state index contributed by atoms with van der Waals surface area (Å²) in [4.78, 5) is 13.1. The smallest absolute Gasteiger partial charge is 0.264 e. The Bertz CT molecular complexity index is 1600. The van der Waals surface area contributed by atoms with Gasteiger partial charge in [-0.15, -0.1) is 0 Å². The molecule has 0 fully saturated rings. The first-order valence-corrected chi connectivity index (χ1v) is 13.8. The van der Waals surface area contributed by atoms with Crippen molar-refractivity contribution >= 4 is 27.8 Å². The van der Waals surface area contributed by atoms with Crippen molar-refractivity contribution in [3.05, 3.63) is 113 Å². The van der Waals surface area contributed by atoms with E-state index in [1.807, 2.05) is 58.0 Å². The van der Waals surface area contributed by atoms with E-state index >= 15 is 0 Å². The van der Waals surface area contributed by atoms with E-state index in [0.29, 0.717) is 5.69 Å². The number of hydrogen-bond acceptors (Lipinski definition) is 4. The van der Waals surface area contributed by atoms with Gasteiger partial charge in [0.25, 0.3) is 15.9 Å². The Morgan fingerprint density at radius 1 is 0.895 bits per heavy atom. The molecule has 0 aliphatic carbocycles. The number of carbonyl (C=O) groups is 1. The van der Waals surface area contributed by atoms with Gasteiger partial charge in [0.05, 0.1) is 16.8 Å². The zero-order valence-corrected chi connectivity index (χ0v) is 23.1. The van der Waals surface area contributed by atoms with E-state index in [-0.39, 0.29) is 4.90 Å².